The SMILES string of the molecule is Cc1cc(C)n(/N=C/c2ccc(O)c(Br)c2)c(=S)n1. The van der Waals surface area contributed by atoms with Crippen molar-refractivity contribution < 1.29 is 5.11 Å². The van der Waals surface area contributed by atoms with Crippen LogP contribution >= 0.6 is 28.1 Å². The number of rotatable bonds is 2. The Bertz CT molecular complexity index is 710. The fourth-order valence-corrected chi connectivity index (χ4v) is 2.34. The molecule has 0 atom stereocenters. The molecule has 0 aliphatic heterocycles. The van der Waals surface area contributed by atoms with Gasteiger partial charge in [0.05, 0.1) is 10.7 Å². The largest absolute Gasteiger partial charge is 0.507 e. The van der Waals surface area contributed by atoms with Gasteiger partial charge in [0, 0.05) is 11.4 Å². The minimum absolute atomic E-state index is 0.196. The van der Waals surface area contributed by atoms with Crippen LogP contribution in [0.5, 0.6) is 5.75 Å². The average molecular weight is 338 g/mol. The second-order valence-electron chi connectivity index (χ2n) is 4.09. The van der Waals surface area contributed by atoms with Gasteiger partial charge in [0.25, 0.3) is 0 Å². The molecule has 0 fully saturated rings. The van der Waals surface area contributed by atoms with Crippen molar-refractivity contribution in [1.29, 1.82) is 0 Å². The molecule has 0 aliphatic carbocycles. The van der Waals surface area contributed by atoms with Crippen LogP contribution in [0.1, 0.15) is 17.0 Å². The molecule has 98 valence electrons. The van der Waals surface area contributed by atoms with Gasteiger partial charge in [-0.25, -0.2) is 9.66 Å². The van der Waals surface area contributed by atoms with Crippen LogP contribution < -0.4 is 0 Å². The van der Waals surface area contributed by atoms with Crippen LogP contribution in [0.15, 0.2) is 33.8 Å². The maximum atomic E-state index is 9.42. The number of aromatic hydroxyl groups is 1. The van der Waals surface area contributed by atoms with E-state index in [0.29, 0.717) is 9.24 Å². The Morgan fingerprint density at radius 3 is 2.74 bits per heavy atom. The molecule has 4 nitrogen and oxygen atoms in total. The quantitative estimate of drug-likeness (QED) is 0.673. The highest BCUT2D eigenvalue weighted by Gasteiger charge is 2.00. The molecule has 1 aromatic carbocycles. The van der Waals surface area contributed by atoms with Crippen molar-refractivity contribution in [2.75, 3.05) is 0 Å². The summed E-state index contributed by atoms with van der Waals surface area (Å²) in [6.45, 7) is 3.82. The lowest BCUT2D eigenvalue weighted by atomic mass is 10.2. The molecule has 2 aromatic rings. The fourth-order valence-electron chi connectivity index (χ4n) is 1.61. The molecule has 1 heterocycles. The first kappa shape index (κ1) is 13.9. The molecule has 0 spiro atoms. The first-order valence-electron chi connectivity index (χ1n) is 5.57. The molecule has 19 heavy (non-hydrogen) atoms. The van der Waals surface area contributed by atoms with Crippen LogP contribution in [0.3, 0.4) is 0 Å². The number of phenols is 1. The van der Waals surface area contributed by atoms with Gasteiger partial charge < -0.3 is 5.11 Å². The number of hydrogen-bond donors (Lipinski definition) is 1. The molecule has 1 aromatic heterocycles. The molecular weight excluding hydrogens is 326 g/mol. The summed E-state index contributed by atoms with van der Waals surface area (Å²) < 4.78 is 2.65. The molecule has 0 aliphatic rings. The van der Waals surface area contributed by atoms with E-state index in [2.05, 4.69) is 26.0 Å². The highest BCUT2D eigenvalue weighted by atomic mass is 79.9. The topological polar surface area (TPSA) is 50.4 Å². The van der Waals surface area contributed by atoms with E-state index in [1.807, 2.05) is 19.9 Å². The molecule has 0 unspecified atom stereocenters. The van der Waals surface area contributed by atoms with Crippen LogP contribution in [0.2, 0.25) is 0 Å². The summed E-state index contributed by atoms with van der Waals surface area (Å²) in [4.78, 5) is 4.19. The lowest BCUT2D eigenvalue weighted by Crippen LogP contribution is -2.02. The van der Waals surface area contributed by atoms with Gasteiger partial charge in [0.15, 0.2) is 0 Å². The van der Waals surface area contributed by atoms with Crippen molar-refractivity contribution in [3.05, 3.63) is 50.5 Å². The molecule has 1 N–H and O–H groups in total. The van der Waals surface area contributed by atoms with Gasteiger partial charge in [-0.1, -0.05) is 0 Å². The Morgan fingerprint density at radius 2 is 2.11 bits per heavy atom. The molecular formula is C13H12BrN3OS. The number of halogens is 1. The first-order chi connectivity index (χ1) is 8.97. The Balaban J connectivity index is 2.38. The standard InChI is InChI=1S/C13H12BrN3OS/c1-8-5-9(2)17(13(19)16-8)15-7-10-3-4-12(18)11(14)6-10/h3-7,18H,1-2H3/b15-7+. The van der Waals surface area contributed by atoms with E-state index < -0.39 is 0 Å². The number of benzene rings is 1. The van der Waals surface area contributed by atoms with E-state index in [-0.39, 0.29) is 5.75 Å². The third-order valence-electron chi connectivity index (χ3n) is 2.50. The predicted octanol–water partition coefficient (Wildman–Crippen LogP) is 3.58. The van der Waals surface area contributed by atoms with E-state index in [9.17, 15) is 5.11 Å². The summed E-state index contributed by atoms with van der Waals surface area (Å²) in [5.74, 6) is 0.196. The Morgan fingerprint density at radius 1 is 1.37 bits per heavy atom. The maximum absolute atomic E-state index is 9.42. The molecule has 6 heteroatoms. The zero-order valence-electron chi connectivity index (χ0n) is 10.5. The van der Waals surface area contributed by atoms with Crippen molar-refractivity contribution in [3.63, 3.8) is 0 Å². The van der Waals surface area contributed by atoms with Gasteiger partial charge in [-0.05, 0) is 71.8 Å². The summed E-state index contributed by atoms with van der Waals surface area (Å²) >= 11 is 8.44. The van der Waals surface area contributed by atoms with E-state index in [4.69, 9.17) is 12.2 Å². The van der Waals surface area contributed by atoms with Crippen molar-refractivity contribution in [2.45, 2.75) is 13.8 Å². The number of nitrogens with zero attached hydrogens (tertiary/aromatic N) is 3. The minimum Gasteiger partial charge on any atom is -0.507 e. The molecule has 0 amide bonds. The number of hydrogen-bond acceptors (Lipinski definition) is 4. The highest BCUT2D eigenvalue weighted by molar-refractivity contribution is 9.10. The van der Waals surface area contributed by atoms with Crippen LogP contribution in [0.25, 0.3) is 0 Å². The van der Waals surface area contributed by atoms with E-state index in [0.717, 1.165) is 17.0 Å². The summed E-state index contributed by atoms with van der Waals surface area (Å²) in [6, 6.07) is 7.06. The van der Waals surface area contributed by atoms with E-state index in [1.165, 1.54) is 0 Å². The minimum atomic E-state index is 0.196. The van der Waals surface area contributed by atoms with Crippen molar-refractivity contribution in [2.24, 2.45) is 5.10 Å². The number of aromatic nitrogens is 2. The molecule has 0 bridgehead atoms. The second kappa shape index (κ2) is 5.63. The van der Waals surface area contributed by atoms with Crippen molar-refractivity contribution >= 4 is 34.4 Å². The normalized spacial score (nSPS) is 11.1. The third kappa shape index (κ3) is 3.27. The summed E-state index contributed by atoms with van der Waals surface area (Å²) in [5.41, 5.74) is 2.65. The van der Waals surface area contributed by atoms with Crippen molar-refractivity contribution in [1.82, 2.24) is 9.66 Å². The van der Waals surface area contributed by atoms with Gasteiger partial charge in [0.1, 0.15) is 5.75 Å². The van der Waals surface area contributed by atoms with E-state index in [1.54, 1.807) is 29.1 Å². The highest BCUT2D eigenvalue weighted by Crippen LogP contribution is 2.23. The Kier molecular flexibility index (Phi) is 4.11. The van der Waals surface area contributed by atoms with Gasteiger partial charge in [-0.15, -0.1) is 0 Å². The Hall–Kier alpha value is -1.53. The number of aryl methyl sites for hydroxylation is 2. The van der Waals surface area contributed by atoms with Gasteiger partial charge in [-0.3, -0.25) is 0 Å². The van der Waals surface area contributed by atoms with Crippen LogP contribution in [0.4, 0.5) is 0 Å². The molecule has 0 saturated carbocycles. The number of phenolic OH excluding ortho intramolecular Hbond substituents is 1. The van der Waals surface area contributed by atoms with Crippen LogP contribution in [-0.4, -0.2) is 21.0 Å². The third-order valence-corrected chi connectivity index (χ3v) is 3.40. The van der Waals surface area contributed by atoms with Gasteiger partial charge in [0.2, 0.25) is 4.77 Å². The van der Waals surface area contributed by atoms with E-state index >= 15 is 0 Å². The molecule has 2 rings (SSSR count). The zero-order chi connectivity index (χ0) is 14.0. The fraction of sp³-hybridized carbons (Fsp3) is 0.154. The monoisotopic (exact) mass is 337 g/mol. The van der Waals surface area contributed by atoms with Crippen LogP contribution in [0, 0.1) is 18.6 Å². The first-order valence-corrected chi connectivity index (χ1v) is 6.77. The van der Waals surface area contributed by atoms with Crippen LogP contribution in [-0.2, 0) is 0 Å². The summed E-state index contributed by atoms with van der Waals surface area (Å²) in [7, 11) is 0. The molecule has 0 saturated heterocycles. The Labute approximate surface area is 124 Å². The molecule has 0 radical (unpaired) electrons. The summed E-state index contributed by atoms with van der Waals surface area (Å²) in [5, 5.41) is 13.7. The maximum Gasteiger partial charge on any atom is 0.220 e. The van der Waals surface area contributed by atoms with Gasteiger partial charge >= 0.3 is 0 Å². The zero-order valence-corrected chi connectivity index (χ0v) is 12.9. The predicted molar refractivity (Wildman–Crippen MR) is 81.3 cm³/mol. The smallest absolute Gasteiger partial charge is 0.220 e. The second-order valence-corrected chi connectivity index (χ2v) is 5.31. The average Bonchev–Trinajstić information content (AvgIpc) is 2.32. The van der Waals surface area contributed by atoms with Gasteiger partial charge in [-0.2, -0.15) is 5.10 Å². The summed E-state index contributed by atoms with van der Waals surface area (Å²) in [6.07, 6.45) is 1.67. The lowest BCUT2D eigenvalue weighted by Gasteiger charge is -2.05. The van der Waals surface area contributed by atoms with Crippen molar-refractivity contribution in [3.8, 4) is 5.75 Å². The lowest BCUT2D eigenvalue weighted by molar-refractivity contribution is 0.472.